The Balaban J connectivity index is 2.17. The van der Waals surface area contributed by atoms with Crippen molar-refractivity contribution in [2.75, 3.05) is 14.1 Å². The second-order valence-electron chi connectivity index (χ2n) is 4.85. The van der Waals surface area contributed by atoms with Crippen molar-refractivity contribution in [2.45, 2.75) is 42.1 Å². The summed E-state index contributed by atoms with van der Waals surface area (Å²) in [6.07, 6.45) is -13.1. The molecular weight excluding hydrogens is 301 g/mol. The average Bonchev–Trinajstić information content (AvgIpc) is 2.76. The summed E-state index contributed by atoms with van der Waals surface area (Å²) in [5, 5.41) is 29.3. The number of thioether (sulfide) groups is 1. The Bertz CT molecular complexity index is 406. The number of aliphatic hydroxyl groups excluding tert-OH is 3. The van der Waals surface area contributed by atoms with Crippen molar-refractivity contribution in [3.8, 4) is 0 Å². The molecule has 6 atom stereocenters. The fraction of sp³-hybridized carbons (Fsp3) is 0.900. The Hall–Kier alpha value is -0.550. The van der Waals surface area contributed by atoms with Crippen LogP contribution in [0.15, 0.2) is 4.99 Å². The molecule has 2 aliphatic heterocycles. The molecule has 2 rings (SSSR count). The van der Waals surface area contributed by atoms with E-state index in [1.807, 2.05) is 0 Å². The summed E-state index contributed by atoms with van der Waals surface area (Å²) < 4.78 is 42.7. The van der Waals surface area contributed by atoms with E-state index in [1.54, 1.807) is 19.0 Å². The lowest BCUT2D eigenvalue weighted by atomic mass is 9.94. The number of nitrogens with zero attached hydrogens (tertiary/aromatic N) is 2. The van der Waals surface area contributed by atoms with E-state index in [1.165, 1.54) is 0 Å². The Morgan fingerprint density at radius 3 is 2.40 bits per heavy atom. The first kappa shape index (κ1) is 15.8. The van der Waals surface area contributed by atoms with E-state index >= 15 is 0 Å². The summed E-state index contributed by atoms with van der Waals surface area (Å²) in [5.74, 6) is 0. The molecule has 6 nitrogen and oxygen atoms in total. The van der Waals surface area contributed by atoms with Crippen LogP contribution in [0.2, 0.25) is 0 Å². The minimum absolute atomic E-state index is 0.480. The van der Waals surface area contributed by atoms with Crippen LogP contribution in [0, 0.1) is 0 Å². The second-order valence-corrected chi connectivity index (χ2v) is 5.92. The number of aliphatic hydroxyl groups is 3. The Kier molecular flexibility index (Phi) is 4.22. The van der Waals surface area contributed by atoms with Gasteiger partial charge in [0, 0.05) is 14.1 Å². The van der Waals surface area contributed by atoms with Gasteiger partial charge < -0.3 is 25.0 Å². The monoisotopic (exact) mass is 316 g/mol. The summed E-state index contributed by atoms with van der Waals surface area (Å²) in [6, 6.07) is -0.857. The second kappa shape index (κ2) is 5.34. The third-order valence-electron chi connectivity index (χ3n) is 3.12. The van der Waals surface area contributed by atoms with Crippen LogP contribution in [0.5, 0.6) is 0 Å². The molecule has 116 valence electrons. The molecule has 20 heavy (non-hydrogen) atoms. The van der Waals surface area contributed by atoms with Gasteiger partial charge in [-0.1, -0.05) is 11.8 Å². The maximum atomic E-state index is 12.5. The number of hydrogen-bond donors (Lipinski definition) is 3. The Morgan fingerprint density at radius 2 is 1.90 bits per heavy atom. The zero-order valence-corrected chi connectivity index (χ0v) is 11.5. The number of aliphatic imine (C=N–C) groups is 1. The fourth-order valence-corrected chi connectivity index (χ4v) is 3.18. The molecule has 0 saturated carbocycles. The van der Waals surface area contributed by atoms with Gasteiger partial charge in [0.15, 0.2) is 11.3 Å². The van der Waals surface area contributed by atoms with Crippen LogP contribution in [0.25, 0.3) is 0 Å². The lowest BCUT2D eigenvalue weighted by molar-refractivity contribution is -0.271. The fourth-order valence-electron chi connectivity index (χ4n) is 2.04. The normalized spacial score (nSPS) is 39.2. The Labute approximate surface area is 117 Å². The van der Waals surface area contributed by atoms with Gasteiger partial charge in [-0.25, -0.2) is 0 Å². The molecule has 2 unspecified atom stereocenters. The number of fused-ring (bicyclic) bond motifs is 1. The van der Waals surface area contributed by atoms with E-state index < -0.39 is 42.1 Å². The van der Waals surface area contributed by atoms with Crippen molar-refractivity contribution in [1.29, 1.82) is 0 Å². The SMILES string of the molecule is CN(C)C1=N[C@@H]2C(O)[C@H](O)[C@@H](C(O)C(F)(F)F)O[C@@H]2S1. The zero-order chi connectivity index (χ0) is 15.2. The molecule has 0 aromatic heterocycles. The molecule has 0 amide bonds. The van der Waals surface area contributed by atoms with Gasteiger partial charge in [0.25, 0.3) is 0 Å². The number of alkyl halides is 3. The minimum Gasteiger partial charge on any atom is -0.388 e. The van der Waals surface area contributed by atoms with Crippen molar-refractivity contribution < 1.29 is 33.2 Å². The van der Waals surface area contributed by atoms with E-state index in [0.717, 1.165) is 11.8 Å². The smallest absolute Gasteiger partial charge is 0.388 e. The zero-order valence-electron chi connectivity index (χ0n) is 10.7. The molecular formula is C10H15F3N2O4S. The van der Waals surface area contributed by atoms with Crippen molar-refractivity contribution >= 4 is 16.9 Å². The van der Waals surface area contributed by atoms with Crippen LogP contribution in [-0.2, 0) is 4.74 Å². The van der Waals surface area contributed by atoms with Crippen LogP contribution in [0.4, 0.5) is 13.2 Å². The third-order valence-corrected chi connectivity index (χ3v) is 4.42. The molecule has 10 heteroatoms. The van der Waals surface area contributed by atoms with E-state index in [0.29, 0.717) is 5.17 Å². The van der Waals surface area contributed by atoms with E-state index in [-0.39, 0.29) is 0 Å². The molecule has 0 radical (unpaired) electrons. The predicted octanol–water partition coefficient (Wildman–Crippen LogP) is -0.611. The molecule has 2 aliphatic rings. The quantitative estimate of drug-likeness (QED) is 0.598. The Morgan fingerprint density at radius 1 is 1.30 bits per heavy atom. The highest BCUT2D eigenvalue weighted by Gasteiger charge is 2.56. The number of halogens is 3. The first-order chi connectivity index (χ1) is 9.12. The van der Waals surface area contributed by atoms with Crippen LogP contribution in [-0.4, -0.2) is 81.6 Å². The molecule has 3 N–H and O–H groups in total. The van der Waals surface area contributed by atoms with Crippen LogP contribution < -0.4 is 0 Å². The molecule has 0 aromatic carbocycles. The first-order valence-corrected chi connectivity index (χ1v) is 6.69. The van der Waals surface area contributed by atoms with Gasteiger partial charge in [-0.05, 0) is 0 Å². The minimum atomic E-state index is -4.94. The highest BCUT2D eigenvalue weighted by atomic mass is 32.2. The van der Waals surface area contributed by atoms with E-state index in [4.69, 9.17) is 4.74 Å². The van der Waals surface area contributed by atoms with Crippen LogP contribution in [0.3, 0.4) is 0 Å². The van der Waals surface area contributed by atoms with Gasteiger partial charge in [0.1, 0.15) is 29.8 Å². The topological polar surface area (TPSA) is 85.5 Å². The van der Waals surface area contributed by atoms with Gasteiger partial charge >= 0.3 is 6.18 Å². The van der Waals surface area contributed by atoms with Crippen LogP contribution in [0.1, 0.15) is 0 Å². The summed E-state index contributed by atoms with van der Waals surface area (Å²) >= 11 is 1.04. The summed E-state index contributed by atoms with van der Waals surface area (Å²) in [5.41, 5.74) is -0.868. The first-order valence-electron chi connectivity index (χ1n) is 5.81. The average molecular weight is 316 g/mol. The van der Waals surface area contributed by atoms with E-state index in [9.17, 15) is 28.5 Å². The summed E-state index contributed by atoms with van der Waals surface area (Å²) in [7, 11) is 3.38. The number of rotatable bonds is 1. The maximum Gasteiger partial charge on any atom is 0.417 e. The van der Waals surface area contributed by atoms with Crippen molar-refractivity contribution in [3.63, 3.8) is 0 Å². The lowest BCUT2D eigenvalue weighted by Gasteiger charge is -2.40. The largest absolute Gasteiger partial charge is 0.417 e. The summed E-state index contributed by atoms with van der Waals surface area (Å²) in [6.45, 7) is 0. The highest BCUT2D eigenvalue weighted by molar-refractivity contribution is 8.14. The van der Waals surface area contributed by atoms with Gasteiger partial charge in [-0.3, -0.25) is 4.99 Å². The van der Waals surface area contributed by atoms with Gasteiger partial charge in [0.2, 0.25) is 0 Å². The number of amidine groups is 1. The van der Waals surface area contributed by atoms with Crippen molar-refractivity contribution in [1.82, 2.24) is 4.90 Å². The molecule has 1 fully saturated rings. The maximum absolute atomic E-state index is 12.5. The van der Waals surface area contributed by atoms with E-state index in [2.05, 4.69) is 4.99 Å². The molecule has 1 saturated heterocycles. The molecule has 0 spiro atoms. The van der Waals surface area contributed by atoms with Crippen molar-refractivity contribution in [3.05, 3.63) is 0 Å². The van der Waals surface area contributed by atoms with Crippen LogP contribution >= 0.6 is 11.8 Å². The van der Waals surface area contributed by atoms with Crippen molar-refractivity contribution in [2.24, 2.45) is 4.99 Å². The number of hydrogen-bond acceptors (Lipinski definition) is 7. The third kappa shape index (κ3) is 2.75. The molecule has 0 aliphatic carbocycles. The lowest BCUT2D eigenvalue weighted by Crippen LogP contribution is -2.60. The van der Waals surface area contributed by atoms with Gasteiger partial charge in [-0.2, -0.15) is 13.2 Å². The van der Waals surface area contributed by atoms with Gasteiger partial charge in [0.05, 0.1) is 0 Å². The van der Waals surface area contributed by atoms with Gasteiger partial charge in [-0.15, -0.1) is 0 Å². The predicted molar refractivity (Wildman–Crippen MR) is 65.2 cm³/mol. The number of ether oxygens (including phenoxy) is 1. The molecule has 0 bridgehead atoms. The molecule has 0 aromatic rings. The summed E-state index contributed by atoms with van der Waals surface area (Å²) in [4.78, 5) is 5.73. The standard InChI is InChI=1S/C10H15F3N2O4S/c1-15(2)9-14-3-4(16)5(17)6(19-8(3)20-9)7(18)10(11,12)13/h3-8,16-18H,1-2H3/t3-,4?,5+,6+,7?,8-/m1/s1. The highest BCUT2D eigenvalue weighted by Crippen LogP contribution is 2.39. The molecule has 2 heterocycles.